The van der Waals surface area contributed by atoms with Crippen LogP contribution in [0.25, 0.3) is 0 Å². The molecule has 0 aliphatic carbocycles. The van der Waals surface area contributed by atoms with E-state index in [2.05, 4.69) is 5.32 Å². The molecule has 0 saturated heterocycles. The van der Waals surface area contributed by atoms with E-state index in [1.54, 1.807) is 12.1 Å². The number of anilines is 1. The van der Waals surface area contributed by atoms with Crippen LogP contribution in [0.1, 0.15) is 45.1 Å². The number of benzene rings is 1. The molecule has 1 aromatic carbocycles. The summed E-state index contributed by atoms with van der Waals surface area (Å²) in [6.45, 7) is 5.97. The van der Waals surface area contributed by atoms with E-state index in [0.29, 0.717) is 17.9 Å². The minimum atomic E-state index is -0.773. The van der Waals surface area contributed by atoms with Crippen molar-refractivity contribution >= 4 is 40.4 Å². The Labute approximate surface area is 137 Å². The van der Waals surface area contributed by atoms with Crippen molar-refractivity contribution in [2.75, 3.05) is 5.32 Å². The van der Waals surface area contributed by atoms with Crippen LogP contribution in [0.5, 0.6) is 0 Å². The molecule has 1 rings (SSSR count). The lowest BCUT2D eigenvalue weighted by molar-refractivity contribution is -0.122. The topological polar surface area (TPSA) is 55.1 Å². The fourth-order valence-corrected chi connectivity index (χ4v) is 3.10. The molecule has 0 aromatic heterocycles. The normalized spacial score (nSPS) is 11.2. The van der Waals surface area contributed by atoms with Gasteiger partial charge >= 0.3 is 0 Å². The third-order valence-electron chi connectivity index (χ3n) is 3.70. The van der Waals surface area contributed by atoms with E-state index in [9.17, 15) is 4.79 Å². The molecule has 0 saturated carbocycles. The average Bonchev–Trinajstić information content (AvgIpc) is 2.41. The van der Waals surface area contributed by atoms with Gasteiger partial charge in [-0.25, -0.2) is 0 Å². The maximum atomic E-state index is 12.8. The first kappa shape index (κ1) is 17.9. The lowest BCUT2D eigenvalue weighted by Gasteiger charge is -2.31. The zero-order chi connectivity index (χ0) is 16.0. The Morgan fingerprint density at radius 2 is 1.90 bits per heavy atom. The Morgan fingerprint density at radius 3 is 2.33 bits per heavy atom. The summed E-state index contributed by atoms with van der Waals surface area (Å²) in [4.78, 5) is 13.1. The van der Waals surface area contributed by atoms with Gasteiger partial charge in [0.15, 0.2) is 0 Å². The Morgan fingerprint density at radius 1 is 1.33 bits per heavy atom. The number of hydrogen-bond acceptors (Lipinski definition) is 2. The Balaban J connectivity index is 3.08. The summed E-state index contributed by atoms with van der Waals surface area (Å²) in [6, 6.07) is 5.38. The van der Waals surface area contributed by atoms with E-state index in [1.807, 2.05) is 26.8 Å². The number of amides is 1. The maximum absolute atomic E-state index is 12.8. The van der Waals surface area contributed by atoms with E-state index in [4.69, 9.17) is 29.6 Å². The second-order valence-electron chi connectivity index (χ2n) is 5.36. The van der Waals surface area contributed by atoms with Gasteiger partial charge in [-0.1, -0.05) is 50.5 Å². The Bertz CT molecular complexity index is 525. The van der Waals surface area contributed by atoms with Crippen molar-refractivity contribution in [2.24, 2.45) is 11.1 Å². The summed E-state index contributed by atoms with van der Waals surface area (Å²) in [5, 5.41) is 3.61. The molecule has 0 fully saturated rings. The van der Waals surface area contributed by atoms with Gasteiger partial charge in [-0.15, -0.1) is 0 Å². The molecule has 0 spiro atoms. The molecule has 0 aliphatic heterocycles. The van der Waals surface area contributed by atoms with Crippen LogP contribution in [0.4, 0.5) is 5.69 Å². The van der Waals surface area contributed by atoms with Crippen LogP contribution >= 0.6 is 23.8 Å². The van der Waals surface area contributed by atoms with Crippen LogP contribution in [-0.2, 0) is 4.79 Å². The number of thiocarbonyl (C=S) groups is 1. The van der Waals surface area contributed by atoms with Crippen molar-refractivity contribution in [3.8, 4) is 0 Å². The van der Waals surface area contributed by atoms with Gasteiger partial charge in [0.05, 0.1) is 10.4 Å². The van der Waals surface area contributed by atoms with Crippen LogP contribution < -0.4 is 11.1 Å². The molecule has 0 unspecified atom stereocenters. The minimum absolute atomic E-state index is 0.121. The average molecular weight is 327 g/mol. The molecule has 5 heteroatoms. The van der Waals surface area contributed by atoms with Gasteiger partial charge < -0.3 is 11.1 Å². The van der Waals surface area contributed by atoms with Crippen molar-refractivity contribution < 1.29 is 4.79 Å². The zero-order valence-corrected chi connectivity index (χ0v) is 14.4. The van der Waals surface area contributed by atoms with E-state index in [1.165, 1.54) is 0 Å². The van der Waals surface area contributed by atoms with Gasteiger partial charge in [0.25, 0.3) is 0 Å². The summed E-state index contributed by atoms with van der Waals surface area (Å²) >= 11 is 11.1. The van der Waals surface area contributed by atoms with E-state index < -0.39 is 5.41 Å². The van der Waals surface area contributed by atoms with Gasteiger partial charge in [0.1, 0.15) is 0 Å². The second-order valence-corrected chi connectivity index (χ2v) is 6.24. The molecule has 0 radical (unpaired) electrons. The van der Waals surface area contributed by atoms with Gasteiger partial charge in [-0.05, 0) is 43.5 Å². The van der Waals surface area contributed by atoms with Crippen molar-refractivity contribution in [2.45, 2.75) is 46.5 Å². The van der Waals surface area contributed by atoms with Gasteiger partial charge in [-0.2, -0.15) is 0 Å². The van der Waals surface area contributed by atoms with E-state index in [-0.39, 0.29) is 10.9 Å². The summed E-state index contributed by atoms with van der Waals surface area (Å²) in [5.74, 6) is -0.121. The number of rotatable bonds is 7. The molecule has 1 aromatic rings. The van der Waals surface area contributed by atoms with E-state index in [0.717, 1.165) is 24.1 Å². The highest BCUT2D eigenvalue weighted by atomic mass is 35.5. The molecule has 0 bridgehead atoms. The van der Waals surface area contributed by atoms with Crippen molar-refractivity contribution in [1.82, 2.24) is 0 Å². The number of nitrogens with one attached hydrogen (secondary N) is 1. The Hall–Kier alpha value is -1.13. The van der Waals surface area contributed by atoms with Gasteiger partial charge in [0.2, 0.25) is 5.91 Å². The van der Waals surface area contributed by atoms with Crippen LogP contribution in [0.15, 0.2) is 18.2 Å². The van der Waals surface area contributed by atoms with Crippen molar-refractivity contribution in [3.63, 3.8) is 0 Å². The highest BCUT2D eigenvalue weighted by Gasteiger charge is 2.39. The van der Waals surface area contributed by atoms with Gasteiger partial charge in [-0.3, -0.25) is 4.79 Å². The smallest absolute Gasteiger partial charge is 0.237 e. The number of carbonyl (C=O) groups excluding carboxylic acids is 1. The number of hydrogen-bond donors (Lipinski definition) is 2. The first-order chi connectivity index (χ1) is 9.87. The highest BCUT2D eigenvalue weighted by molar-refractivity contribution is 7.80. The first-order valence-corrected chi connectivity index (χ1v) is 8.03. The molecule has 3 nitrogen and oxygen atoms in total. The third kappa shape index (κ3) is 4.17. The number of carbonyl (C=O) groups is 1. The number of aryl methyl sites for hydroxylation is 1. The number of nitrogens with two attached hydrogens (primary N) is 1. The first-order valence-electron chi connectivity index (χ1n) is 7.25. The maximum Gasteiger partial charge on any atom is 0.237 e. The Kier molecular flexibility index (Phi) is 6.62. The molecule has 0 aliphatic rings. The molecular formula is C16H23ClN2OS. The largest absolute Gasteiger partial charge is 0.392 e. The van der Waals surface area contributed by atoms with Gasteiger partial charge in [0, 0.05) is 10.7 Å². The minimum Gasteiger partial charge on any atom is -0.392 e. The van der Waals surface area contributed by atoms with Crippen LogP contribution in [0, 0.1) is 12.3 Å². The predicted molar refractivity (Wildman–Crippen MR) is 93.9 cm³/mol. The summed E-state index contributed by atoms with van der Waals surface area (Å²) in [7, 11) is 0. The molecular weight excluding hydrogens is 304 g/mol. The number of halogens is 1. The lowest BCUT2D eigenvalue weighted by atomic mass is 9.78. The molecule has 21 heavy (non-hydrogen) atoms. The summed E-state index contributed by atoms with van der Waals surface area (Å²) in [5.41, 5.74) is 6.80. The highest BCUT2D eigenvalue weighted by Crippen LogP contribution is 2.33. The standard InChI is InChI=1S/C16H23ClN2OS/c1-4-8-16(9-5-2,14(18)21)15(20)19-13-7-6-12(17)10-11(13)3/h6-7,10H,4-5,8-9H2,1-3H3,(H2,18,21)(H,19,20). The predicted octanol–water partition coefficient (Wildman–Crippen LogP) is 4.46. The summed E-state index contributed by atoms with van der Waals surface area (Å²) in [6.07, 6.45) is 3.03. The summed E-state index contributed by atoms with van der Waals surface area (Å²) < 4.78 is 0. The van der Waals surface area contributed by atoms with Crippen LogP contribution in [0.2, 0.25) is 5.02 Å². The fourth-order valence-electron chi connectivity index (χ4n) is 2.57. The molecule has 3 N–H and O–H groups in total. The lowest BCUT2D eigenvalue weighted by Crippen LogP contribution is -2.46. The molecule has 1 amide bonds. The monoisotopic (exact) mass is 326 g/mol. The molecule has 0 heterocycles. The fraction of sp³-hybridized carbons (Fsp3) is 0.500. The van der Waals surface area contributed by atoms with Crippen molar-refractivity contribution in [3.05, 3.63) is 28.8 Å². The molecule has 0 atom stereocenters. The molecule has 116 valence electrons. The quantitative estimate of drug-likeness (QED) is 0.727. The zero-order valence-electron chi connectivity index (χ0n) is 12.8. The van der Waals surface area contributed by atoms with E-state index >= 15 is 0 Å². The van der Waals surface area contributed by atoms with Crippen molar-refractivity contribution in [1.29, 1.82) is 0 Å². The van der Waals surface area contributed by atoms with Crippen LogP contribution in [-0.4, -0.2) is 10.9 Å². The SMILES string of the molecule is CCCC(CCC)(C(=O)Nc1ccc(Cl)cc1C)C(N)=S. The second kappa shape index (κ2) is 7.76. The van der Waals surface area contributed by atoms with Crippen LogP contribution in [0.3, 0.4) is 0 Å². The third-order valence-corrected chi connectivity index (χ3v) is 4.32.